The lowest BCUT2D eigenvalue weighted by Gasteiger charge is -2.29. The predicted molar refractivity (Wildman–Crippen MR) is 167 cm³/mol. The smallest absolute Gasteiger partial charge is 0.370 e. The Morgan fingerprint density at radius 2 is 0.902 bits per heavy atom. The zero-order chi connectivity index (χ0) is 30.2. The van der Waals surface area contributed by atoms with E-state index in [2.05, 4.69) is 79.8 Å². The van der Waals surface area contributed by atoms with Gasteiger partial charge in [0.1, 0.15) is 23.8 Å². The first-order chi connectivity index (χ1) is 19.6. The van der Waals surface area contributed by atoms with Gasteiger partial charge in [0.15, 0.2) is 0 Å². The number of aryl methyl sites for hydroxylation is 4. The van der Waals surface area contributed by atoms with Gasteiger partial charge in [-0.25, -0.2) is 9.13 Å². The maximum atomic E-state index is 6.18. The van der Waals surface area contributed by atoms with E-state index in [4.69, 9.17) is 26.6 Å². The number of rotatable bonds is 16. The first-order valence-corrected chi connectivity index (χ1v) is 18.3. The van der Waals surface area contributed by atoms with Crippen molar-refractivity contribution in [3.63, 3.8) is 0 Å². The fourth-order valence-corrected chi connectivity index (χ4v) is 10.9. The maximum Gasteiger partial charge on any atom is 0.537 e. The first-order valence-electron chi connectivity index (χ1n) is 14.8. The number of nitrogens with zero attached hydrogens (tertiary/aromatic N) is 2. The van der Waals surface area contributed by atoms with Crippen molar-refractivity contribution < 1.29 is 31.1 Å². The molecule has 8 nitrogen and oxygen atoms in total. The average molecular weight is 602 g/mol. The largest absolute Gasteiger partial charge is 0.537 e. The van der Waals surface area contributed by atoms with Gasteiger partial charge in [-0.2, -0.15) is 0 Å². The van der Waals surface area contributed by atoms with Gasteiger partial charge in [0.2, 0.25) is 0 Å². The molecule has 0 fully saturated rings. The van der Waals surface area contributed by atoms with Crippen molar-refractivity contribution in [3.05, 3.63) is 65.2 Å². The zero-order valence-electron chi connectivity index (χ0n) is 26.6. The second-order valence-electron chi connectivity index (χ2n) is 9.86. The van der Waals surface area contributed by atoms with Crippen LogP contribution in [0.15, 0.2) is 43.0 Å². The molecule has 1 aromatic heterocycles. The van der Waals surface area contributed by atoms with Crippen LogP contribution in [0, 0.1) is 27.7 Å². The topological polar surface area (TPSA) is 64.2 Å². The Balaban J connectivity index is 2.05. The first kappa shape index (κ1) is 33.3. The van der Waals surface area contributed by atoms with Gasteiger partial charge >= 0.3 is 17.6 Å². The highest BCUT2D eigenvalue weighted by Crippen LogP contribution is 2.22. The van der Waals surface area contributed by atoms with Crippen LogP contribution in [-0.2, 0) is 26.6 Å². The van der Waals surface area contributed by atoms with E-state index in [-0.39, 0.29) is 0 Å². The SMILES string of the molecule is CCO[Si](OCC)(OCC)c1cc(C)c(-n2cc[n+](-c3c(C)cc([Si](OCC)(OCC)OCC)cc3C)c2)c(C)c1. The minimum absolute atomic E-state index is 0.532. The summed E-state index contributed by atoms with van der Waals surface area (Å²) in [5.41, 5.74) is 6.77. The third-order valence-electron chi connectivity index (χ3n) is 6.85. The fraction of sp³-hybridized carbons (Fsp3) is 0.516. The summed E-state index contributed by atoms with van der Waals surface area (Å²) in [5.74, 6) is 0. The summed E-state index contributed by atoms with van der Waals surface area (Å²) in [6.45, 7) is 23.6. The van der Waals surface area contributed by atoms with Crippen LogP contribution in [0.3, 0.4) is 0 Å². The van der Waals surface area contributed by atoms with E-state index >= 15 is 0 Å². The van der Waals surface area contributed by atoms with Gasteiger partial charge in [0, 0.05) is 50.0 Å². The van der Waals surface area contributed by atoms with Crippen molar-refractivity contribution >= 4 is 28.0 Å². The Morgan fingerprint density at radius 3 is 1.24 bits per heavy atom. The van der Waals surface area contributed by atoms with E-state index in [1.807, 2.05) is 41.5 Å². The Hall–Kier alpha value is -2.16. The predicted octanol–water partition coefficient (Wildman–Crippen LogP) is 4.50. The molecule has 0 aliphatic rings. The summed E-state index contributed by atoms with van der Waals surface area (Å²) in [7, 11) is -6.00. The van der Waals surface area contributed by atoms with Crippen molar-refractivity contribution in [3.8, 4) is 11.4 Å². The van der Waals surface area contributed by atoms with E-state index in [0.717, 1.165) is 44.0 Å². The molecule has 0 aliphatic heterocycles. The van der Waals surface area contributed by atoms with Crippen LogP contribution in [0.2, 0.25) is 0 Å². The number of hydrogen-bond donors (Lipinski definition) is 0. The van der Waals surface area contributed by atoms with Crippen molar-refractivity contribution in [1.29, 1.82) is 0 Å². The lowest BCUT2D eigenvalue weighted by molar-refractivity contribution is -0.595. The number of aromatic nitrogens is 2. The molecular weight excluding hydrogens is 553 g/mol. The van der Waals surface area contributed by atoms with Gasteiger partial charge in [-0.15, -0.1) is 0 Å². The Morgan fingerprint density at radius 1 is 0.561 bits per heavy atom. The molecule has 0 bridgehead atoms. The standard InChI is InChI=1S/C31H49N2O6Si2/c1-11-34-40(35-12-2,36-13-3)28-19-24(7)30(25(8)20-28)32-17-18-33(23-32)31-26(9)21-29(22-27(31)10)41(37-14-4,38-15-5)39-16-6/h17-23H,11-16H2,1-10H3/q+1. The quantitative estimate of drug-likeness (QED) is 0.178. The molecule has 0 atom stereocenters. The Kier molecular flexibility index (Phi) is 12.1. The third-order valence-corrected chi connectivity index (χ3v) is 12.9. The maximum absolute atomic E-state index is 6.18. The molecule has 0 amide bonds. The molecule has 0 aliphatic carbocycles. The molecule has 0 saturated carbocycles. The molecule has 3 aromatic rings. The van der Waals surface area contributed by atoms with Crippen molar-refractivity contribution in [2.75, 3.05) is 39.6 Å². The molecule has 0 saturated heterocycles. The molecule has 0 unspecified atom stereocenters. The van der Waals surface area contributed by atoms with Gasteiger partial charge in [-0.05, 0) is 116 Å². The molecule has 0 spiro atoms. The van der Waals surface area contributed by atoms with E-state index in [1.54, 1.807) is 0 Å². The number of hydrogen-bond acceptors (Lipinski definition) is 6. The van der Waals surface area contributed by atoms with Crippen LogP contribution in [-0.4, -0.2) is 61.8 Å². The van der Waals surface area contributed by atoms with Crippen molar-refractivity contribution in [2.24, 2.45) is 0 Å². The Bertz CT molecular complexity index is 1120. The van der Waals surface area contributed by atoms with E-state index < -0.39 is 17.6 Å². The van der Waals surface area contributed by atoms with Gasteiger partial charge in [0.25, 0.3) is 6.33 Å². The average Bonchev–Trinajstić information content (AvgIpc) is 3.37. The van der Waals surface area contributed by atoms with Crippen LogP contribution in [0.1, 0.15) is 63.8 Å². The summed E-state index contributed by atoms with van der Waals surface area (Å²) < 4.78 is 41.4. The minimum atomic E-state index is -3.00. The molecule has 3 rings (SSSR count). The van der Waals surface area contributed by atoms with Gasteiger partial charge in [-0.1, -0.05) is 0 Å². The van der Waals surface area contributed by atoms with Crippen LogP contribution in [0.5, 0.6) is 0 Å². The fourth-order valence-electron chi connectivity index (χ4n) is 5.59. The molecule has 226 valence electrons. The van der Waals surface area contributed by atoms with Crippen LogP contribution < -0.4 is 14.9 Å². The van der Waals surface area contributed by atoms with Gasteiger partial charge in [-0.3, -0.25) is 0 Å². The summed E-state index contributed by atoms with van der Waals surface area (Å²) in [6, 6.07) is 8.63. The second-order valence-corrected chi connectivity index (χ2v) is 15.0. The van der Waals surface area contributed by atoms with E-state index in [0.29, 0.717) is 39.6 Å². The van der Waals surface area contributed by atoms with Crippen molar-refractivity contribution in [1.82, 2.24) is 4.57 Å². The van der Waals surface area contributed by atoms with Gasteiger partial charge in [0.05, 0.1) is 0 Å². The molecule has 41 heavy (non-hydrogen) atoms. The molecule has 10 heteroatoms. The van der Waals surface area contributed by atoms with Crippen LogP contribution in [0.25, 0.3) is 11.4 Å². The highest BCUT2D eigenvalue weighted by atomic mass is 28.4. The van der Waals surface area contributed by atoms with E-state index in [1.165, 1.54) is 0 Å². The summed E-state index contributed by atoms with van der Waals surface area (Å²) in [5, 5.41) is 1.99. The molecule has 0 N–H and O–H groups in total. The normalized spacial score (nSPS) is 12.3. The number of benzene rings is 2. The second kappa shape index (κ2) is 14.8. The molecule has 1 heterocycles. The lowest BCUT2D eigenvalue weighted by atomic mass is 10.1. The highest BCUT2D eigenvalue weighted by molar-refractivity contribution is 6.76. The lowest BCUT2D eigenvalue weighted by Crippen LogP contribution is -2.57. The summed E-state index contributed by atoms with van der Waals surface area (Å²) >= 11 is 0. The summed E-state index contributed by atoms with van der Waals surface area (Å²) in [4.78, 5) is 0. The minimum Gasteiger partial charge on any atom is -0.370 e. The zero-order valence-corrected chi connectivity index (χ0v) is 28.6. The molecular formula is C31H49N2O6Si2+. The molecule has 2 aromatic carbocycles. The van der Waals surface area contributed by atoms with Gasteiger partial charge < -0.3 is 26.6 Å². The van der Waals surface area contributed by atoms with Crippen molar-refractivity contribution in [2.45, 2.75) is 69.2 Å². The number of imidazole rings is 1. The van der Waals surface area contributed by atoms with Crippen LogP contribution >= 0.6 is 0 Å². The summed E-state index contributed by atoms with van der Waals surface area (Å²) in [6.07, 6.45) is 6.32. The molecule has 0 radical (unpaired) electrons. The monoisotopic (exact) mass is 601 g/mol. The Labute approximate surface area is 248 Å². The van der Waals surface area contributed by atoms with Crippen LogP contribution in [0.4, 0.5) is 0 Å². The van der Waals surface area contributed by atoms with E-state index in [9.17, 15) is 0 Å². The highest BCUT2D eigenvalue weighted by Gasteiger charge is 2.45. The third kappa shape index (κ3) is 7.08.